The average molecular weight is 390 g/mol. The highest BCUT2D eigenvalue weighted by Crippen LogP contribution is 2.21. The van der Waals surface area contributed by atoms with Crippen LogP contribution in [0.5, 0.6) is 0 Å². The normalized spacial score (nSPS) is 18.0. The Morgan fingerprint density at radius 1 is 1.07 bits per heavy atom. The van der Waals surface area contributed by atoms with E-state index in [2.05, 4.69) is 10.6 Å². The third kappa shape index (κ3) is 4.91. The van der Waals surface area contributed by atoms with E-state index in [0.717, 1.165) is 5.56 Å². The molecule has 0 bridgehead atoms. The van der Waals surface area contributed by atoms with E-state index in [0.29, 0.717) is 12.0 Å². The molecule has 6 nitrogen and oxygen atoms in total. The Labute approximate surface area is 156 Å². The van der Waals surface area contributed by atoms with Gasteiger partial charge in [-0.15, -0.1) is 0 Å². The van der Waals surface area contributed by atoms with Gasteiger partial charge in [-0.2, -0.15) is 0 Å². The highest BCUT2D eigenvalue weighted by atomic mass is 32.2. The Bertz CT molecular complexity index is 961. The zero-order chi connectivity index (χ0) is 19.4. The summed E-state index contributed by atoms with van der Waals surface area (Å²) in [5, 5.41) is 4.94. The Morgan fingerprint density at radius 3 is 2.48 bits per heavy atom. The van der Waals surface area contributed by atoms with Crippen molar-refractivity contribution in [3.63, 3.8) is 0 Å². The summed E-state index contributed by atoms with van der Waals surface area (Å²) in [5.74, 6) is -1.96. The highest BCUT2D eigenvalue weighted by Gasteiger charge is 2.28. The summed E-state index contributed by atoms with van der Waals surface area (Å²) in [6, 6.07) is 13.0. The van der Waals surface area contributed by atoms with Crippen molar-refractivity contribution in [1.82, 2.24) is 10.6 Å². The van der Waals surface area contributed by atoms with E-state index in [1.54, 1.807) is 6.07 Å². The van der Waals surface area contributed by atoms with Crippen LogP contribution in [0.1, 0.15) is 16.8 Å². The number of rotatable bonds is 5. The second-order valence-corrected chi connectivity index (χ2v) is 8.64. The van der Waals surface area contributed by atoms with Crippen LogP contribution in [0.25, 0.3) is 11.1 Å². The predicted molar refractivity (Wildman–Crippen MR) is 99.4 cm³/mol. The number of sulfone groups is 1. The molecular weight excluding hydrogens is 371 g/mol. The molecule has 2 N–H and O–H groups in total. The van der Waals surface area contributed by atoms with Gasteiger partial charge in [0.2, 0.25) is 5.91 Å². The van der Waals surface area contributed by atoms with Crippen LogP contribution in [-0.4, -0.2) is 44.3 Å². The molecule has 0 aliphatic carbocycles. The van der Waals surface area contributed by atoms with Crippen molar-refractivity contribution in [1.29, 1.82) is 0 Å². The summed E-state index contributed by atoms with van der Waals surface area (Å²) < 4.78 is 36.8. The zero-order valence-electron chi connectivity index (χ0n) is 14.4. The molecule has 1 unspecified atom stereocenters. The summed E-state index contributed by atoms with van der Waals surface area (Å²) >= 11 is 0. The van der Waals surface area contributed by atoms with E-state index in [-0.39, 0.29) is 23.6 Å². The Kier molecular flexibility index (Phi) is 5.55. The van der Waals surface area contributed by atoms with Crippen LogP contribution in [0, 0.1) is 5.82 Å². The fourth-order valence-corrected chi connectivity index (χ4v) is 4.63. The van der Waals surface area contributed by atoms with E-state index in [4.69, 9.17) is 0 Å². The number of hydrogen-bond donors (Lipinski definition) is 2. The van der Waals surface area contributed by atoms with Gasteiger partial charge in [0.15, 0.2) is 9.84 Å². The van der Waals surface area contributed by atoms with Crippen LogP contribution < -0.4 is 10.6 Å². The van der Waals surface area contributed by atoms with Crippen molar-refractivity contribution < 1.29 is 22.4 Å². The number of halogens is 1. The lowest BCUT2D eigenvalue weighted by atomic mass is 10.0. The topological polar surface area (TPSA) is 92.3 Å². The standard InChI is InChI=1S/C19H19FN2O4S/c20-17-7-6-14(13-4-2-1-3-5-13)10-16(17)19(24)21-11-18(23)22-15-8-9-27(25,26)12-15/h1-7,10,15H,8-9,11-12H2,(H,21,24)(H,22,23). The minimum atomic E-state index is -3.10. The highest BCUT2D eigenvalue weighted by molar-refractivity contribution is 7.91. The molecular formula is C19H19FN2O4S. The predicted octanol–water partition coefficient (Wildman–Crippen LogP) is 1.53. The third-order valence-electron chi connectivity index (χ3n) is 4.33. The molecule has 1 aliphatic rings. The summed E-state index contributed by atoms with van der Waals surface area (Å²) in [6.45, 7) is -0.357. The van der Waals surface area contributed by atoms with E-state index in [1.165, 1.54) is 12.1 Å². The summed E-state index contributed by atoms with van der Waals surface area (Å²) in [4.78, 5) is 24.2. The maximum atomic E-state index is 14.0. The lowest BCUT2D eigenvalue weighted by Gasteiger charge is -2.12. The molecule has 0 aromatic heterocycles. The smallest absolute Gasteiger partial charge is 0.254 e. The SMILES string of the molecule is O=C(CNC(=O)c1cc(-c2ccccc2)ccc1F)NC1CCS(=O)(=O)C1. The molecule has 1 atom stereocenters. The summed E-state index contributed by atoms with van der Waals surface area (Å²) in [6.07, 6.45) is 0.357. The lowest BCUT2D eigenvalue weighted by molar-refractivity contribution is -0.120. The van der Waals surface area contributed by atoms with E-state index < -0.39 is 33.5 Å². The van der Waals surface area contributed by atoms with Gasteiger partial charge in [0.1, 0.15) is 5.82 Å². The molecule has 1 fully saturated rings. The first-order valence-electron chi connectivity index (χ1n) is 8.47. The lowest BCUT2D eigenvalue weighted by Crippen LogP contribution is -2.42. The van der Waals surface area contributed by atoms with Crippen LogP contribution in [0.2, 0.25) is 0 Å². The van der Waals surface area contributed by atoms with Crippen LogP contribution in [-0.2, 0) is 14.6 Å². The maximum absolute atomic E-state index is 14.0. The second-order valence-electron chi connectivity index (χ2n) is 6.41. The Hall–Kier alpha value is -2.74. The molecule has 1 heterocycles. The molecule has 8 heteroatoms. The average Bonchev–Trinajstić information content (AvgIpc) is 2.99. The number of nitrogens with one attached hydrogen (secondary N) is 2. The van der Waals surface area contributed by atoms with Crippen molar-refractivity contribution in [2.75, 3.05) is 18.1 Å². The van der Waals surface area contributed by atoms with Crippen molar-refractivity contribution >= 4 is 21.7 Å². The van der Waals surface area contributed by atoms with Crippen molar-refractivity contribution in [3.05, 3.63) is 59.9 Å². The fourth-order valence-electron chi connectivity index (χ4n) is 2.95. The largest absolute Gasteiger partial charge is 0.351 e. The van der Waals surface area contributed by atoms with Crippen molar-refractivity contribution in [3.8, 4) is 11.1 Å². The van der Waals surface area contributed by atoms with Gasteiger partial charge in [-0.05, 0) is 29.7 Å². The van der Waals surface area contributed by atoms with E-state index in [1.807, 2.05) is 30.3 Å². The number of benzene rings is 2. The second kappa shape index (κ2) is 7.87. The first kappa shape index (κ1) is 19.0. The molecule has 2 amide bonds. The summed E-state index contributed by atoms with van der Waals surface area (Å²) in [5.41, 5.74) is 1.36. The van der Waals surface area contributed by atoms with Crippen LogP contribution in [0.4, 0.5) is 4.39 Å². The Balaban J connectivity index is 1.62. The third-order valence-corrected chi connectivity index (χ3v) is 6.09. The van der Waals surface area contributed by atoms with E-state index in [9.17, 15) is 22.4 Å². The van der Waals surface area contributed by atoms with Gasteiger partial charge in [0, 0.05) is 6.04 Å². The number of carbonyl (C=O) groups excluding carboxylic acids is 2. The molecule has 0 radical (unpaired) electrons. The maximum Gasteiger partial charge on any atom is 0.254 e. The first-order valence-corrected chi connectivity index (χ1v) is 10.3. The molecule has 0 spiro atoms. The molecule has 2 aromatic carbocycles. The Morgan fingerprint density at radius 2 is 1.81 bits per heavy atom. The molecule has 2 aromatic rings. The summed E-state index contributed by atoms with van der Waals surface area (Å²) in [7, 11) is -3.10. The number of hydrogen-bond acceptors (Lipinski definition) is 4. The molecule has 1 aliphatic heterocycles. The van der Waals surface area contributed by atoms with Gasteiger partial charge in [0.05, 0.1) is 23.6 Å². The molecule has 27 heavy (non-hydrogen) atoms. The van der Waals surface area contributed by atoms with Crippen molar-refractivity contribution in [2.24, 2.45) is 0 Å². The van der Waals surface area contributed by atoms with Gasteiger partial charge < -0.3 is 10.6 Å². The van der Waals surface area contributed by atoms with Crippen LogP contribution in [0.15, 0.2) is 48.5 Å². The zero-order valence-corrected chi connectivity index (χ0v) is 15.3. The quantitative estimate of drug-likeness (QED) is 0.810. The van der Waals surface area contributed by atoms with Gasteiger partial charge in [-0.3, -0.25) is 9.59 Å². The van der Waals surface area contributed by atoms with Gasteiger partial charge in [0.25, 0.3) is 5.91 Å². The van der Waals surface area contributed by atoms with Crippen LogP contribution >= 0.6 is 0 Å². The van der Waals surface area contributed by atoms with Gasteiger partial charge in [-0.25, -0.2) is 12.8 Å². The van der Waals surface area contributed by atoms with Crippen molar-refractivity contribution in [2.45, 2.75) is 12.5 Å². The first-order chi connectivity index (χ1) is 12.8. The fraction of sp³-hybridized carbons (Fsp3) is 0.263. The van der Waals surface area contributed by atoms with E-state index >= 15 is 0 Å². The van der Waals surface area contributed by atoms with Gasteiger partial charge >= 0.3 is 0 Å². The molecule has 1 saturated heterocycles. The van der Waals surface area contributed by atoms with Crippen LogP contribution in [0.3, 0.4) is 0 Å². The van der Waals surface area contributed by atoms with Gasteiger partial charge in [-0.1, -0.05) is 36.4 Å². The minimum Gasteiger partial charge on any atom is -0.351 e. The number of carbonyl (C=O) groups is 2. The monoisotopic (exact) mass is 390 g/mol. The number of amides is 2. The minimum absolute atomic E-state index is 0.0434. The molecule has 142 valence electrons. The molecule has 3 rings (SSSR count). The molecule has 0 saturated carbocycles.